The highest BCUT2D eigenvalue weighted by atomic mass is 35.5. The SMILES string of the molecule is Cl.Nc1cnc2cccn2c1. The van der Waals surface area contributed by atoms with Gasteiger partial charge in [-0.25, -0.2) is 4.98 Å². The molecule has 0 amide bonds. The molecule has 0 aliphatic rings. The smallest absolute Gasteiger partial charge is 0.136 e. The summed E-state index contributed by atoms with van der Waals surface area (Å²) in [4.78, 5) is 4.08. The van der Waals surface area contributed by atoms with Crippen molar-refractivity contribution in [2.75, 3.05) is 5.73 Å². The van der Waals surface area contributed by atoms with E-state index in [9.17, 15) is 0 Å². The summed E-state index contributed by atoms with van der Waals surface area (Å²) in [5.41, 5.74) is 7.11. The highest BCUT2D eigenvalue weighted by Gasteiger charge is 1.90. The van der Waals surface area contributed by atoms with Gasteiger partial charge in [0.2, 0.25) is 0 Å². The first-order valence-corrected chi connectivity index (χ1v) is 3.04. The molecule has 2 rings (SSSR count). The van der Waals surface area contributed by atoms with Gasteiger partial charge in [-0.15, -0.1) is 12.4 Å². The van der Waals surface area contributed by atoms with Crippen molar-refractivity contribution in [3.05, 3.63) is 30.7 Å². The van der Waals surface area contributed by atoms with Crippen molar-refractivity contribution in [3.63, 3.8) is 0 Å². The Bertz CT molecular complexity index is 355. The van der Waals surface area contributed by atoms with Crippen LogP contribution in [0.25, 0.3) is 5.65 Å². The first kappa shape index (κ1) is 7.88. The standard InChI is InChI=1S/C7H7N3.ClH/c8-6-4-9-7-2-1-3-10(7)5-6;/h1-5H,8H2;1H. The maximum absolute atomic E-state index is 5.50. The highest BCUT2D eigenvalue weighted by molar-refractivity contribution is 5.85. The van der Waals surface area contributed by atoms with Gasteiger partial charge in [0.15, 0.2) is 0 Å². The van der Waals surface area contributed by atoms with Crippen LogP contribution in [0, 0.1) is 0 Å². The summed E-state index contributed by atoms with van der Waals surface area (Å²) in [6, 6.07) is 3.86. The second-order valence-electron chi connectivity index (χ2n) is 2.16. The van der Waals surface area contributed by atoms with Crippen LogP contribution in [0.4, 0.5) is 5.69 Å². The van der Waals surface area contributed by atoms with Crippen molar-refractivity contribution in [2.45, 2.75) is 0 Å². The molecule has 0 radical (unpaired) electrons. The van der Waals surface area contributed by atoms with E-state index < -0.39 is 0 Å². The van der Waals surface area contributed by atoms with Crippen LogP contribution < -0.4 is 5.73 Å². The summed E-state index contributed by atoms with van der Waals surface area (Å²) in [6.07, 6.45) is 5.40. The number of anilines is 1. The average Bonchev–Trinajstić information content (AvgIpc) is 2.33. The van der Waals surface area contributed by atoms with Crippen LogP contribution in [0.5, 0.6) is 0 Å². The zero-order valence-electron chi connectivity index (χ0n) is 5.77. The zero-order valence-corrected chi connectivity index (χ0v) is 6.58. The van der Waals surface area contributed by atoms with Crippen molar-refractivity contribution in [1.29, 1.82) is 0 Å². The maximum atomic E-state index is 5.50. The molecule has 0 saturated carbocycles. The molecule has 0 atom stereocenters. The monoisotopic (exact) mass is 169 g/mol. The third-order valence-electron chi connectivity index (χ3n) is 1.39. The predicted octanol–water partition coefficient (Wildman–Crippen LogP) is 1.34. The van der Waals surface area contributed by atoms with E-state index >= 15 is 0 Å². The quantitative estimate of drug-likeness (QED) is 0.647. The van der Waals surface area contributed by atoms with Crippen LogP contribution in [0.15, 0.2) is 30.7 Å². The van der Waals surface area contributed by atoms with Gasteiger partial charge in [0.25, 0.3) is 0 Å². The third-order valence-corrected chi connectivity index (χ3v) is 1.39. The van der Waals surface area contributed by atoms with Crippen molar-refractivity contribution in [1.82, 2.24) is 9.38 Å². The number of rotatable bonds is 0. The molecule has 0 aliphatic carbocycles. The van der Waals surface area contributed by atoms with E-state index in [0.29, 0.717) is 5.69 Å². The Labute approximate surface area is 70.3 Å². The van der Waals surface area contributed by atoms with E-state index in [2.05, 4.69) is 4.98 Å². The van der Waals surface area contributed by atoms with Gasteiger partial charge in [-0.05, 0) is 12.1 Å². The number of nitrogens with zero attached hydrogens (tertiary/aromatic N) is 2. The number of nitrogen functional groups attached to an aromatic ring is 1. The lowest BCUT2D eigenvalue weighted by Gasteiger charge is -1.93. The lowest BCUT2D eigenvalue weighted by molar-refractivity contribution is 1.14. The topological polar surface area (TPSA) is 43.3 Å². The Morgan fingerprint density at radius 3 is 3.09 bits per heavy atom. The molecule has 0 spiro atoms. The number of aromatic nitrogens is 2. The number of halogens is 1. The molecule has 2 aromatic rings. The molecule has 2 N–H and O–H groups in total. The summed E-state index contributed by atoms with van der Waals surface area (Å²) in [5.74, 6) is 0. The van der Waals surface area contributed by atoms with Gasteiger partial charge in [-0.2, -0.15) is 0 Å². The van der Waals surface area contributed by atoms with Gasteiger partial charge in [-0.1, -0.05) is 0 Å². The van der Waals surface area contributed by atoms with Gasteiger partial charge in [0.05, 0.1) is 11.9 Å². The summed E-state index contributed by atoms with van der Waals surface area (Å²) in [6.45, 7) is 0. The molecule has 0 unspecified atom stereocenters. The fourth-order valence-corrected chi connectivity index (χ4v) is 0.938. The lowest BCUT2D eigenvalue weighted by atomic mass is 10.5. The van der Waals surface area contributed by atoms with Crippen molar-refractivity contribution in [3.8, 4) is 0 Å². The lowest BCUT2D eigenvalue weighted by Crippen LogP contribution is -1.90. The van der Waals surface area contributed by atoms with Crippen LogP contribution >= 0.6 is 12.4 Å². The van der Waals surface area contributed by atoms with Gasteiger partial charge < -0.3 is 10.1 Å². The maximum Gasteiger partial charge on any atom is 0.136 e. The molecular formula is C7H8ClN3. The van der Waals surface area contributed by atoms with E-state index in [0.717, 1.165) is 5.65 Å². The first-order valence-electron chi connectivity index (χ1n) is 3.04. The third kappa shape index (κ3) is 1.28. The number of nitrogens with two attached hydrogens (primary N) is 1. The Balaban J connectivity index is 0.000000605. The van der Waals surface area contributed by atoms with E-state index in [1.165, 1.54) is 0 Å². The van der Waals surface area contributed by atoms with E-state index in [1.807, 2.05) is 28.9 Å². The molecule has 0 bridgehead atoms. The van der Waals surface area contributed by atoms with E-state index in [-0.39, 0.29) is 12.4 Å². The molecule has 4 heteroatoms. The van der Waals surface area contributed by atoms with Crippen LogP contribution in [0.3, 0.4) is 0 Å². The van der Waals surface area contributed by atoms with E-state index in [1.54, 1.807) is 6.20 Å². The van der Waals surface area contributed by atoms with Crippen LogP contribution in [0.1, 0.15) is 0 Å². The Kier molecular flexibility index (Phi) is 2.01. The second-order valence-corrected chi connectivity index (χ2v) is 2.16. The summed E-state index contributed by atoms with van der Waals surface area (Å²) in [5, 5.41) is 0. The molecule has 3 nitrogen and oxygen atoms in total. The molecule has 0 fully saturated rings. The normalized spacial score (nSPS) is 9.45. The predicted molar refractivity (Wildman–Crippen MR) is 46.9 cm³/mol. The minimum absolute atomic E-state index is 0. The fraction of sp³-hybridized carbons (Fsp3) is 0. The van der Waals surface area contributed by atoms with Crippen molar-refractivity contribution >= 4 is 23.7 Å². The number of hydrogen-bond acceptors (Lipinski definition) is 2. The largest absolute Gasteiger partial charge is 0.396 e. The molecule has 0 saturated heterocycles. The van der Waals surface area contributed by atoms with Gasteiger partial charge in [0.1, 0.15) is 5.65 Å². The number of fused-ring (bicyclic) bond motifs is 1. The molecule has 11 heavy (non-hydrogen) atoms. The second kappa shape index (κ2) is 2.80. The zero-order chi connectivity index (χ0) is 6.97. The minimum atomic E-state index is 0. The van der Waals surface area contributed by atoms with Crippen molar-refractivity contribution in [2.24, 2.45) is 0 Å². The Morgan fingerprint density at radius 1 is 1.45 bits per heavy atom. The number of hydrogen-bond donors (Lipinski definition) is 1. The summed E-state index contributed by atoms with van der Waals surface area (Å²) < 4.78 is 1.88. The van der Waals surface area contributed by atoms with Gasteiger partial charge in [-0.3, -0.25) is 0 Å². The summed E-state index contributed by atoms with van der Waals surface area (Å²) >= 11 is 0. The summed E-state index contributed by atoms with van der Waals surface area (Å²) in [7, 11) is 0. The first-order chi connectivity index (χ1) is 4.86. The average molecular weight is 170 g/mol. The van der Waals surface area contributed by atoms with Crippen LogP contribution in [0.2, 0.25) is 0 Å². The molecule has 2 aromatic heterocycles. The molecule has 58 valence electrons. The molecule has 0 aliphatic heterocycles. The Hall–Kier alpha value is -1.22. The Morgan fingerprint density at radius 2 is 2.27 bits per heavy atom. The van der Waals surface area contributed by atoms with Gasteiger partial charge in [0, 0.05) is 12.4 Å². The minimum Gasteiger partial charge on any atom is -0.396 e. The van der Waals surface area contributed by atoms with E-state index in [4.69, 9.17) is 5.73 Å². The molecule has 0 aromatic carbocycles. The van der Waals surface area contributed by atoms with Crippen LogP contribution in [-0.2, 0) is 0 Å². The molecule has 2 heterocycles. The fourth-order valence-electron chi connectivity index (χ4n) is 0.938. The molecular weight excluding hydrogens is 162 g/mol. The highest BCUT2D eigenvalue weighted by Crippen LogP contribution is 2.03. The van der Waals surface area contributed by atoms with Crippen molar-refractivity contribution < 1.29 is 0 Å². The van der Waals surface area contributed by atoms with Gasteiger partial charge >= 0.3 is 0 Å². The van der Waals surface area contributed by atoms with Crippen LogP contribution in [-0.4, -0.2) is 9.38 Å².